The Morgan fingerprint density at radius 3 is 2.59 bits per heavy atom. The largest absolute Gasteiger partial charge is 0.492 e. The van der Waals surface area contributed by atoms with Gasteiger partial charge in [0.2, 0.25) is 11.8 Å². The molecule has 1 saturated carbocycles. The molecule has 1 heterocycles. The summed E-state index contributed by atoms with van der Waals surface area (Å²) in [4.78, 5) is 24.8. The summed E-state index contributed by atoms with van der Waals surface area (Å²) in [6.07, 6.45) is 6.98. The lowest BCUT2D eigenvalue weighted by molar-refractivity contribution is -0.126. The van der Waals surface area contributed by atoms with Gasteiger partial charge >= 0.3 is 0 Å². The minimum atomic E-state index is -0.450. The van der Waals surface area contributed by atoms with Crippen molar-refractivity contribution in [3.05, 3.63) is 23.8 Å². The first-order valence-corrected chi connectivity index (χ1v) is 10.2. The molecule has 0 bridgehead atoms. The van der Waals surface area contributed by atoms with E-state index in [1.165, 1.54) is 32.1 Å². The number of carbonyl (C=O) groups excluding carboxylic acids is 2. The van der Waals surface area contributed by atoms with Crippen molar-refractivity contribution in [1.82, 2.24) is 5.32 Å². The average Bonchev–Trinajstić information content (AvgIpc) is 2.65. The fourth-order valence-electron chi connectivity index (χ4n) is 3.74. The van der Waals surface area contributed by atoms with Crippen LogP contribution in [0.2, 0.25) is 0 Å². The molecule has 1 atom stereocenters. The molecule has 2 amide bonds. The zero-order valence-corrected chi connectivity index (χ0v) is 16.8. The Hall–Kier alpha value is -2.04. The summed E-state index contributed by atoms with van der Waals surface area (Å²) in [5, 5.41) is 6.08. The van der Waals surface area contributed by atoms with Gasteiger partial charge in [-0.1, -0.05) is 40.0 Å². The smallest absolute Gasteiger partial charge is 0.229 e. The van der Waals surface area contributed by atoms with E-state index in [2.05, 4.69) is 10.6 Å². The van der Waals surface area contributed by atoms with E-state index >= 15 is 0 Å². The minimum absolute atomic E-state index is 0.0269. The topological polar surface area (TPSA) is 67.4 Å². The molecule has 1 aromatic rings. The molecule has 1 aromatic carbocycles. The van der Waals surface area contributed by atoms with Crippen LogP contribution >= 0.6 is 0 Å². The van der Waals surface area contributed by atoms with E-state index in [0.29, 0.717) is 18.9 Å². The fourth-order valence-corrected chi connectivity index (χ4v) is 3.74. The fraction of sp³-hybridized carbons (Fsp3) is 0.636. The second kappa shape index (κ2) is 8.32. The molecule has 1 fully saturated rings. The van der Waals surface area contributed by atoms with Crippen LogP contribution in [0.25, 0.3) is 0 Å². The van der Waals surface area contributed by atoms with E-state index in [0.717, 1.165) is 23.5 Å². The number of amides is 2. The molecule has 0 spiro atoms. The van der Waals surface area contributed by atoms with Crippen molar-refractivity contribution >= 4 is 17.5 Å². The summed E-state index contributed by atoms with van der Waals surface area (Å²) in [5.74, 6) is 1.31. The SMILES string of the molecule is CC(C)(C)C(=O)Nc1ccc2c(c1)C[C@@H](C(=O)NCC1CCCCC1)CO2. The Morgan fingerprint density at radius 1 is 1.15 bits per heavy atom. The van der Waals surface area contributed by atoms with Gasteiger partial charge in [0.1, 0.15) is 12.4 Å². The van der Waals surface area contributed by atoms with Crippen molar-refractivity contribution < 1.29 is 14.3 Å². The number of rotatable bonds is 4. The Morgan fingerprint density at radius 2 is 1.89 bits per heavy atom. The van der Waals surface area contributed by atoms with E-state index in [1.807, 2.05) is 39.0 Å². The molecule has 27 heavy (non-hydrogen) atoms. The average molecular weight is 373 g/mol. The van der Waals surface area contributed by atoms with Crippen LogP contribution in [0.1, 0.15) is 58.4 Å². The first kappa shape index (κ1) is 19.7. The summed E-state index contributed by atoms with van der Waals surface area (Å²) >= 11 is 0. The van der Waals surface area contributed by atoms with Crippen molar-refractivity contribution in [3.63, 3.8) is 0 Å². The Kier molecular flexibility index (Phi) is 6.08. The van der Waals surface area contributed by atoms with Crippen LogP contribution in [0.15, 0.2) is 18.2 Å². The number of nitrogens with one attached hydrogen (secondary N) is 2. The summed E-state index contributed by atoms with van der Waals surface area (Å²) in [6.45, 7) is 6.85. The molecule has 1 aliphatic carbocycles. The third-order valence-electron chi connectivity index (χ3n) is 5.57. The summed E-state index contributed by atoms with van der Waals surface area (Å²) < 4.78 is 5.80. The molecular formula is C22H32N2O3. The molecule has 0 unspecified atom stereocenters. The van der Waals surface area contributed by atoms with E-state index < -0.39 is 5.41 Å². The van der Waals surface area contributed by atoms with Gasteiger partial charge in [-0.3, -0.25) is 9.59 Å². The zero-order valence-electron chi connectivity index (χ0n) is 16.8. The van der Waals surface area contributed by atoms with Crippen molar-refractivity contribution in [3.8, 4) is 5.75 Å². The summed E-state index contributed by atoms with van der Waals surface area (Å²) in [7, 11) is 0. The van der Waals surface area contributed by atoms with Gasteiger partial charge in [-0.15, -0.1) is 0 Å². The Labute approximate surface area is 162 Å². The van der Waals surface area contributed by atoms with E-state index in [1.54, 1.807) is 0 Å². The summed E-state index contributed by atoms with van der Waals surface area (Å²) in [6, 6.07) is 5.66. The highest BCUT2D eigenvalue weighted by Crippen LogP contribution is 2.31. The highest BCUT2D eigenvalue weighted by atomic mass is 16.5. The van der Waals surface area contributed by atoms with Crippen LogP contribution in [0.5, 0.6) is 5.75 Å². The van der Waals surface area contributed by atoms with Gasteiger partial charge in [0.15, 0.2) is 0 Å². The number of ether oxygens (including phenoxy) is 1. The first-order valence-electron chi connectivity index (χ1n) is 10.2. The van der Waals surface area contributed by atoms with Gasteiger partial charge in [-0.25, -0.2) is 0 Å². The number of fused-ring (bicyclic) bond motifs is 1. The second-order valence-electron chi connectivity index (χ2n) is 8.99. The minimum Gasteiger partial charge on any atom is -0.492 e. The molecule has 0 radical (unpaired) electrons. The van der Waals surface area contributed by atoms with Crippen LogP contribution in [0.4, 0.5) is 5.69 Å². The number of anilines is 1. The summed E-state index contributed by atoms with van der Waals surface area (Å²) in [5.41, 5.74) is 1.28. The van der Waals surface area contributed by atoms with Crippen LogP contribution in [-0.4, -0.2) is 25.0 Å². The van der Waals surface area contributed by atoms with Crippen molar-refractivity contribution in [2.24, 2.45) is 17.3 Å². The third kappa shape index (κ3) is 5.24. The number of benzene rings is 1. The zero-order chi connectivity index (χ0) is 19.4. The predicted octanol–water partition coefficient (Wildman–Crippen LogP) is 3.92. The highest BCUT2D eigenvalue weighted by molar-refractivity contribution is 5.94. The van der Waals surface area contributed by atoms with Crippen molar-refractivity contribution in [2.75, 3.05) is 18.5 Å². The highest BCUT2D eigenvalue weighted by Gasteiger charge is 2.27. The van der Waals surface area contributed by atoms with Crippen LogP contribution in [0, 0.1) is 17.3 Å². The maximum atomic E-state index is 12.6. The Balaban J connectivity index is 1.58. The maximum Gasteiger partial charge on any atom is 0.229 e. The van der Waals surface area contributed by atoms with Gasteiger partial charge in [0.05, 0.1) is 5.92 Å². The molecule has 0 aromatic heterocycles. The van der Waals surface area contributed by atoms with E-state index in [9.17, 15) is 9.59 Å². The molecule has 2 aliphatic rings. The van der Waals surface area contributed by atoms with E-state index in [4.69, 9.17) is 4.74 Å². The lowest BCUT2D eigenvalue weighted by Gasteiger charge is -2.27. The second-order valence-corrected chi connectivity index (χ2v) is 8.99. The quantitative estimate of drug-likeness (QED) is 0.842. The van der Waals surface area contributed by atoms with Crippen LogP contribution in [0.3, 0.4) is 0 Å². The molecule has 5 nitrogen and oxygen atoms in total. The lowest BCUT2D eigenvalue weighted by atomic mass is 9.89. The molecule has 3 rings (SSSR count). The van der Waals surface area contributed by atoms with Gasteiger partial charge in [0, 0.05) is 17.6 Å². The monoisotopic (exact) mass is 372 g/mol. The molecule has 148 valence electrons. The van der Waals surface area contributed by atoms with Crippen LogP contribution < -0.4 is 15.4 Å². The molecular weight excluding hydrogens is 340 g/mol. The standard InChI is InChI=1S/C22H32N2O3/c1-22(2,3)21(26)24-18-9-10-19-16(12-18)11-17(14-27-19)20(25)23-13-15-7-5-4-6-8-15/h9-10,12,15,17H,4-8,11,13-14H2,1-3H3,(H,23,25)(H,24,26)/t17-/m1/s1. The lowest BCUT2D eigenvalue weighted by Crippen LogP contribution is -2.39. The predicted molar refractivity (Wildman–Crippen MR) is 107 cm³/mol. The maximum absolute atomic E-state index is 12.6. The molecule has 0 saturated heterocycles. The number of hydrogen-bond donors (Lipinski definition) is 2. The number of hydrogen-bond acceptors (Lipinski definition) is 3. The van der Waals surface area contributed by atoms with Gasteiger partial charge in [0.25, 0.3) is 0 Å². The number of carbonyl (C=O) groups is 2. The van der Waals surface area contributed by atoms with Gasteiger partial charge in [-0.05, 0) is 48.9 Å². The van der Waals surface area contributed by atoms with Crippen molar-refractivity contribution in [1.29, 1.82) is 0 Å². The molecule has 2 N–H and O–H groups in total. The third-order valence-corrected chi connectivity index (χ3v) is 5.57. The van der Waals surface area contributed by atoms with Gasteiger partial charge < -0.3 is 15.4 Å². The Bertz CT molecular complexity index is 687. The molecule has 1 aliphatic heterocycles. The molecule has 5 heteroatoms. The normalized spacial score (nSPS) is 20.3. The van der Waals surface area contributed by atoms with E-state index in [-0.39, 0.29) is 17.7 Å². The van der Waals surface area contributed by atoms with Crippen molar-refractivity contribution in [2.45, 2.75) is 59.3 Å². The van der Waals surface area contributed by atoms with Gasteiger partial charge in [-0.2, -0.15) is 0 Å². The first-order chi connectivity index (χ1) is 12.8. The van der Waals surface area contributed by atoms with Crippen LogP contribution in [-0.2, 0) is 16.0 Å².